The molecule has 0 aromatic rings. The van der Waals surface area contributed by atoms with Crippen molar-refractivity contribution < 1.29 is 9.53 Å². The van der Waals surface area contributed by atoms with Gasteiger partial charge < -0.3 is 15.0 Å². The lowest BCUT2D eigenvalue weighted by Crippen LogP contribution is -2.48. The normalized spacial score (nSPS) is 21.4. The smallest absolute Gasteiger partial charge is 0.410 e. The van der Waals surface area contributed by atoms with Crippen LogP contribution < -0.4 is 5.32 Å². The minimum atomic E-state index is -0.416. The van der Waals surface area contributed by atoms with Gasteiger partial charge in [-0.2, -0.15) is 0 Å². The van der Waals surface area contributed by atoms with E-state index in [9.17, 15) is 4.79 Å². The van der Waals surface area contributed by atoms with Crippen molar-refractivity contribution >= 4 is 6.09 Å². The lowest BCUT2D eigenvalue weighted by atomic mass is 10.1. The topological polar surface area (TPSA) is 41.6 Å². The van der Waals surface area contributed by atoms with Gasteiger partial charge in [0.1, 0.15) is 5.60 Å². The summed E-state index contributed by atoms with van der Waals surface area (Å²) in [5.74, 6) is 0. The second-order valence-corrected chi connectivity index (χ2v) is 6.07. The van der Waals surface area contributed by atoms with Crippen LogP contribution in [0.1, 0.15) is 41.0 Å². The lowest BCUT2D eigenvalue weighted by Gasteiger charge is -2.31. The molecule has 0 radical (unpaired) electrons. The number of nitrogens with one attached hydrogen (secondary N) is 1. The maximum Gasteiger partial charge on any atom is 0.410 e. The van der Waals surface area contributed by atoms with Crippen molar-refractivity contribution in [2.75, 3.05) is 19.6 Å². The second kappa shape index (κ2) is 4.62. The van der Waals surface area contributed by atoms with Crippen LogP contribution in [0.2, 0.25) is 0 Å². The summed E-state index contributed by atoms with van der Waals surface area (Å²) in [6.07, 6.45) is 0.770. The summed E-state index contributed by atoms with van der Waals surface area (Å²) in [6.45, 7) is 12.3. The minimum absolute atomic E-state index is 0.0343. The molecule has 0 unspecified atom stereocenters. The molecule has 0 spiro atoms. The summed E-state index contributed by atoms with van der Waals surface area (Å²) in [6, 6.07) is 0. The zero-order valence-corrected chi connectivity index (χ0v) is 11.1. The number of hydrogen-bond acceptors (Lipinski definition) is 3. The molecule has 1 rings (SSSR count). The van der Waals surface area contributed by atoms with E-state index >= 15 is 0 Å². The Morgan fingerprint density at radius 3 is 2.56 bits per heavy atom. The molecular weight excluding hydrogens is 204 g/mol. The van der Waals surface area contributed by atoms with Crippen LogP contribution in [0.25, 0.3) is 0 Å². The predicted octanol–water partition coefficient (Wildman–Crippen LogP) is 2.00. The highest BCUT2D eigenvalue weighted by molar-refractivity contribution is 5.68. The molecule has 16 heavy (non-hydrogen) atoms. The number of amides is 1. The van der Waals surface area contributed by atoms with E-state index in [0.717, 1.165) is 19.5 Å². The molecule has 0 aromatic heterocycles. The van der Waals surface area contributed by atoms with E-state index in [1.807, 2.05) is 20.8 Å². The first-order valence-electron chi connectivity index (χ1n) is 5.93. The molecule has 1 aliphatic rings. The van der Waals surface area contributed by atoms with E-state index in [4.69, 9.17) is 4.74 Å². The number of hydrogen-bond donors (Lipinski definition) is 1. The summed E-state index contributed by atoms with van der Waals surface area (Å²) in [5.41, 5.74) is -0.450. The molecule has 0 saturated carbocycles. The van der Waals surface area contributed by atoms with E-state index in [2.05, 4.69) is 19.2 Å². The lowest BCUT2D eigenvalue weighted by molar-refractivity contribution is 0.0226. The molecule has 1 heterocycles. The van der Waals surface area contributed by atoms with Gasteiger partial charge in [-0.1, -0.05) is 0 Å². The highest BCUT2D eigenvalue weighted by atomic mass is 16.6. The highest BCUT2D eigenvalue weighted by Crippen LogP contribution is 2.15. The quantitative estimate of drug-likeness (QED) is 0.689. The molecule has 1 fully saturated rings. The highest BCUT2D eigenvalue weighted by Gasteiger charge is 2.29. The van der Waals surface area contributed by atoms with Crippen LogP contribution in [-0.4, -0.2) is 41.8 Å². The summed E-state index contributed by atoms with van der Waals surface area (Å²) >= 11 is 0. The first kappa shape index (κ1) is 13.3. The Labute approximate surface area is 98.3 Å². The van der Waals surface area contributed by atoms with Crippen LogP contribution >= 0.6 is 0 Å². The van der Waals surface area contributed by atoms with Gasteiger partial charge in [-0.15, -0.1) is 0 Å². The van der Waals surface area contributed by atoms with E-state index in [1.165, 1.54) is 0 Å². The molecule has 0 aliphatic carbocycles. The largest absolute Gasteiger partial charge is 0.444 e. The molecule has 4 heteroatoms. The van der Waals surface area contributed by atoms with Crippen molar-refractivity contribution in [3.63, 3.8) is 0 Å². The molecule has 0 atom stereocenters. The minimum Gasteiger partial charge on any atom is -0.444 e. The fraction of sp³-hybridized carbons (Fsp3) is 0.917. The standard InChI is InChI=1S/C12H24N2O2/c1-11(2,3)16-10(15)14-8-6-7-13-12(4,5)9-14/h13H,6-9H2,1-5H3. The number of ether oxygens (including phenoxy) is 1. The zero-order valence-electron chi connectivity index (χ0n) is 11.1. The van der Waals surface area contributed by atoms with Crippen LogP contribution in [0.3, 0.4) is 0 Å². The third kappa shape index (κ3) is 4.39. The van der Waals surface area contributed by atoms with Gasteiger partial charge >= 0.3 is 6.09 Å². The Bertz CT molecular complexity index is 256. The van der Waals surface area contributed by atoms with Crippen molar-refractivity contribution in [3.8, 4) is 0 Å². The molecule has 1 amide bonds. The van der Waals surface area contributed by atoms with E-state index in [1.54, 1.807) is 4.90 Å². The van der Waals surface area contributed by atoms with E-state index in [-0.39, 0.29) is 11.6 Å². The fourth-order valence-corrected chi connectivity index (χ4v) is 1.79. The van der Waals surface area contributed by atoms with Gasteiger partial charge in [-0.25, -0.2) is 4.79 Å². The van der Waals surface area contributed by atoms with Gasteiger partial charge in [-0.3, -0.25) is 0 Å². The molecule has 1 saturated heterocycles. The summed E-state index contributed by atoms with van der Waals surface area (Å²) in [7, 11) is 0. The van der Waals surface area contributed by atoms with Gasteiger partial charge in [-0.05, 0) is 47.6 Å². The molecule has 1 N–H and O–H groups in total. The number of carbonyl (C=O) groups excluding carboxylic acids is 1. The fourth-order valence-electron chi connectivity index (χ4n) is 1.79. The number of nitrogens with zero attached hydrogens (tertiary/aromatic N) is 1. The maximum atomic E-state index is 11.9. The van der Waals surface area contributed by atoms with E-state index in [0.29, 0.717) is 6.54 Å². The number of carbonyl (C=O) groups is 1. The Hall–Kier alpha value is -0.770. The van der Waals surface area contributed by atoms with Gasteiger partial charge in [0.15, 0.2) is 0 Å². The third-order valence-corrected chi connectivity index (χ3v) is 2.45. The Kier molecular flexibility index (Phi) is 3.84. The third-order valence-electron chi connectivity index (χ3n) is 2.45. The SMILES string of the molecule is CC1(C)CN(C(=O)OC(C)(C)C)CCCN1. The molecule has 0 bridgehead atoms. The average molecular weight is 228 g/mol. The molecular formula is C12H24N2O2. The van der Waals surface area contributed by atoms with Crippen LogP contribution in [0.15, 0.2) is 0 Å². The van der Waals surface area contributed by atoms with Crippen molar-refractivity contribution in [2.45, 2.75) is 52.2 Å². The molecule has 94 valence electrons. The summed E-state index contributed by atoms with van der Waals surface area (Å²) in [5, 5.41) is 3.42. The van der Waals surface area contributed by atoms with Crippen LogP contribution in [0.4, 0.5) is 4.79 Å². The van der Waals surface area contributed by atoms with E-state index < -0.39 is 5.60 Å². The van der Waals surface area contributed by atoms with Gasteiger partial charge in [0.25, 0.3) is 0 Å². The van der Waals surface area contributed by atoms with Gasteiger partial charge in [0, 0.05) is 18.6 Å². The molecule has 1 aliphatic heterocycles. The monoisotopic (exact) mass is 228 g/mol. The Balaban J connectivity index is 2.61. The van der Waals surface area contributed by atoms with Gasteiger partial charge in [0.05, 0.1) is 0 Å². The molecule has 0 aromatic carbocycles. The number of rotatable bonds is 0. The van der Waals surface area contributed by atoms with Crippen molar-refractivity contribution in [3.05, 3.63) is 0 Å². The second-order valence-electron chi connectivity index (χ2n) is 6.07. The first-order valence-corrected chi connectivity index (χ1v) is 5.93. The zero-order chi connectivity index (χ0) is 12.4. The summed E-state index contributed by atoms with van der Waals surface area (Å²) in [4.78, 5) is 13.7. The van der Waals surface area contributed by atoms with Crippen molar-refractivity contribution in [1.29, 1.82) is 0 Å². The van der Waals surface area contributed by atoms with Crippen LogP contribution in [0.5, 0.6) is 0 Å². The summed E-state index contributed by atoms with van der Waals surface area (Å²) < 4.78 is 5.39. The van der Waals surface area contributed by atoms with Crippen molar-refractivity contribution in [1.82, 2.24) is 10.2 Å². The Morgan fingerprint density at radius 1 is 1.38 bits per heavy atom. The Morgan fingerprint density at radius 2 is 2.00 bits per heavy atom. The predicted molar refractivity (Wildman–Crippen MR) is 64.5 cm³/mol. The van der Waals surface area contributed by atoms with Crippen LogP contribution in [-0.2, 0) is 4.74 Å². The average Bonchev–Trinajstić information content (AvgIpc) is 2.23. The van der Waals surface area contributed by atoms with Gasteiger partial charge in [0.2, 0.25) is 0 Å². The first-order chi connectivity index (χ1) is 7.20. The molecule has 4 nitrogen and oxygen atoms in total. The maximum absolute atomic E-state index is 11.9. The van der Waals surface area contributed by atoms with Crippen LogP contribution in [0, 0.1) is 0 Å². The van der Waals surface area contributed by atoms with Crippen molar-refractivity contribution in [2.24, 2.45) is 0 Å².